The molecule has 4 nitrogen and oxygen atoms in total. The maximum absolute atomic E-state index is 12.3. The summed E-state index contributed by atoms with van der Waals surface area (Å²) < 4.78 is 6.71. The van der Waals surface area contributed by atoms with E-state index in [1.54, 1.807) is 17.4 Å². The van der Waals surface area contributed by atoms with Gasteiger partial charge in [0.25, 0.3) is 0 Å². The molecule has 0 radical (unpaired) electrons. The number of aromatic nitrogens is 1. The minimum atomic E-state index is -0.271. The summed E-state index contributed by atoms with van der Waals surface area (Å²) in [5.41, 5.74) is 10.6. The normalized spacial score (nSPS) is 11.4. The summed E-state index contributed by atoms with van der Waals surface area (Å²) in [4.78, 5) is 17.1. The van der Waals surface area contributed by atoms with Crippen LogP contribution in [0.4, 0.5) is 5.69 Å². The number of rotatable bonds is 3. The summed E-state index contributed by atoms with van der Waals surface area (Å²) in [6.45, 7) is 4.04. The maximum Gasteiger partial charge on any atom is 0.339 e. The first-order chi connectivity index (χ1) is 12.1. The predicted molar refractivity (Wildman–Crippen MR) is 104 cm³/mol. The fourth-order valence-corrected chi connectivity index (χ4v) is 4.36. The van der Waals surface area contributed by atoms with E-state index in [1.165, 1.54) is 0 Å². The lowest BCUT2D eigenvalue weighted by Crippen LogP contribution is -2.11. The Bertz CT molecular complexity index is 1120. The zero-order valence-electron chi connectivity index (χ0n) is 14.1. The largest absolute Gasteiger partial charge is 0.422 e. The van der Waals surface area contributed by atoms with Crippen molar-refractivity contribution < 1.29 is 4.42 Å². The fraction of sp³-hybridized carbons (Fsp3) is 0.200. The van der Waals surface area contributed by atoms with E-state index < -0.39 is 0 Å². The second kappa shape index (κ2) is 6.01. The van der Waals surface area contributed by atoms with E-state index in [2.05, 4.69) is 13.0 Å². The number of nitrogen functional groups attached to an aromatic ring is 1. The van der Waals surface area contributed by atoms with Gasteiger partial charge in [0.2, 0.25) is 0 Å². The third-order valence-corrected chi connectivity index (χ3v) is 5.54. The number of fused-ring (bicyclic) bond motifs is 2. The highest BCUT2D eigenvalue weighted by Crippen LogP contribution is 2.38. The van der Waals surface area contributed by atoms with Gasteiger partial charge in [-0.3, -0.25) is 0 Å². The van der Waals surface area contributed by atoms with Crippen molar-refractivity contribution in [2.45, 2.75) is 26.7 Å². The van der Waals surface area contributed by atoms with Crippen LogP contribution in [0, 0.1) is 0 Å². The quantitative estimate of drug-likeness (QED) is 0.426. The van der Waals surface area contributed by atoms with E-state index in [0.717, 1.165) is 43.7 Å². The Hall–Kier alpha value is -2.66. The smallest absolute Gasteiger partial charge is 0.339 e. The number of hydrogen-bond acceptors (Lipinski definition) is 5. The average molecular weight is 350 g/mol. The topological polar surface area (TPSA) is 69.1 Å². The highest BCUT2D eigenvalue weighted by Gasteiger charge is 2.18. The Balaban J connectivity index is 2.13. The molecule has 4 aromatic rings. The van der Waals surface area contributed by atoms with Crippen molar-refractivity contribution >= 4 is 38.2 Å². The molecular formula is C20H18N2O2S. The number of para-hydroxylation sites is 1. The lowest BCUT2D eigenvalue weighted by molar-refractivity contribution is 0.549. The standard InChI is InChI=1S/C20H18N2O2S/c1-3-12-13(4-2)20(23)24-16-10-11(21)9-14(18(12)16)19-22-15-7-5-6-8-17(15)25-19/h5-10H,3-4,21H2,1-2H3. The van der Waals surface area contributed by atoms with Crippen LogP contribution >= 0.6 is 11.3 Å². The van der Waals surface area contributed by atoms with Crippen LogP contribution in [0.5, 0.6) is 0 Å². The molecule has 25 heavy (non-hydrogen) atoms. The molecule has 0 bridgehead atoms. The van der Waals surface area contributed by atoms with Crippen LogP contribution in [-0.2, 0) is 12.8 Å². The van der Waals surface area contributed by atoms with Crippen LogP contribution in [0.3, 0.4) is 0 Å². The second-order valence-electron chi connectivity index (χ2n) is 5.98. The summed E-state index contributed by atoms with van der Waals surface area (Å²) >= 11 is 1.62. The molecule has 0 amide bonds. The molecule has 0 aliphatic rings. The van der Waals surface area contributed by atoms with Gasteiger partial charge in [-0.15, -0.1) is 11.3 Å². The summed E-state index contributed by atoms with van der Waals surface area (Å²) in [5.74, 6) is 0. The highest BCUT2D eigenvalue weighted by atomic mass is 32.1. The molecule has 0 unspecified atom stereocenters. The van der Waals surface area contributed by atoms with Crippen LogP contribution in [0.2, 0.25) is 0 Å². The van der Waals surface area contributed by atoms with Gasteiger partial charge in [0.05, 0.1) is 10.2 Å². The van der Waals surface area contributed by atoms with Crippen molar-refractivity contribution in [3.05, 3.63) is 57.9 Å². The van der Waals surface area contributed by atoms with Crippen molar-refractivity contribution in [2.75, 3.05) is 5.73 Å². The maximum atomic E-state index is 12.3. The number of nitrogens with two attached hydrogens (primary N) is 1. The van der Waals surface area contributed by atoms with Crippen LogP contribution < -0.4 is 11.4 Å². The van der Waals surface area contributed by atoms with Gasteiger partial charge in [-0.1, -0.05) is 26.0 Å². The van der Waals surface area contributed by atoms with E-state index >= 15 is 0 Å². The Labute approximate surface area is 148 Å². The summed E-state index contributed by atoms with van der Waals surface area (Å²) in [6, 6.07) is 11.7. The fourth-order valence-electron chi connectivity index (χ4n) is 3.37. The third kappa shape index (κ3) is 2.51. The number of benzene rings is 2. The summed E-state index contributed by atoms with van der Waals surface area (Å²) in [7, 11) is 0. The van der Waals surface area contributed by atoms with E-state index in [9.17, 15) is 4.79 Å². The lowest BCUT2D eigenvalue weighted by atomic mass is 9.96. The molecule has 0 spiro atoms. The van der Waals surface area contributed by atoms with Crippen LogP contribution in [0.15, 0.2) is 45.6 Å². The zero-order chi connectivity index (χ0) is 17.6. The molecule has 0 saturated carbocycles. The number of aryl methyl sites for hydroxylation is 1. The van der Waals surface area contributed by atoms with Crippen LogP contribution in [0.1, 0.15) is 25.0 Å². The minimum absolute atomic E-state index is 0.271. The van der Waals surface area contributed by atoms with Crippen LogP contribution in [-0.4, -0.2) is 4.98 Å². The number of nitrogens with zero attached hydrogens (tertiary/aromatic N) is 1. The predicted octanol–water partition coefficient (Wildman–Crippen LogP) is 4.78. The van der Waals surface area contributed by atoms with E-state index in [-0.39, 0.29) is 5.63 Å². The molecule has 0 atom stereocenters. The highest BCUT2D eigenvalue weighted by molar-refractivity contribution is 7.21. The molecule has 2 aromatic heterocycles. The Kier molecular flexibility index (Phi) is 3.81. The molecule has 2 aromatic carbocycles. The van der Waals surface area contributed by atoms with Crippen molar-refractivity contribution in [2.24, 2.45) is 0 Å². The van der Waals surface area contributed by atoms with E-state index in [0.29, 0.717) is 17.7 Å². The van der Waals surface area contributed by atoms with E-state index in [4.69, 9.17) is 15.1 Å². The Morgan fingerprint density at radius 3 is 2.60 bits per heavy atom. The van der Waals surface area contributed by atoms with Gasteiger partial charge >= 0.3 is 5.63 Å². The first-order valence-electron chi connectivity index (χ1n) is 8.36. The molecular weight excluding hydrogens is 332 g/mol. The van der Waals surface area contributed by atoms with Gasteiger partial charge in [-0.25, -0.2) is 9.78 Å². The first kappa shape index (κ1) is 15.8. The van der Waals surface area contributed by atoms with Gasteiger partial charge < -0.3 is 10.2 Å². The monoisotopic (exact) mass is 350 g/mol. The first-order valence-corrected chi connectivity index (χ1v) is 9.18. The Morgan fingerprint density at radius 2 is 1.88 bits per heavy atom. The molecule has 0 aliphatic heterocycles. The lowest BCUT2D eigenvalue weighted by Gasteiger charge is -2.12. The van der Waals surface area contributed by atoms with Crippen molar-refractivity contribution in [3.8, 4) is 10.6 Å². The Morgan fingerprint density at radius 1 is 1.12 bits per heavy atom. The molecule has 2 heterocycles. The van der Waals surface area contributed by atoms with Gasteiger partial charge in [0.1, 0.15) is 10.6 Å². The van der Waals surface area contributed by atoms with Gasteiger partial charge in [-0.2, -0.15) is 0 Å². The van der Waals surface area contributed by atoms with Gasteiger partial charge in [0.15, 0.2) is 0 Å². The van der Waals surface area contributed by atoms with Gasteiger partial charge in [0, 0.05) is 28.3 Å². The third-order valence-electron chi connectivity index (χ3n) is 4.47. The summed E-state index contributed by atoms with van der Waals surface area (Å²) in [5, 5.41) is 1.84. The van der Waals surface area contributed by atoms with E-state index in [1.807, 2.05) is 31.2 Å². The molecule has 0 saturated heterocycles. The summed E-state index contributed by atoms with van der Waals surface area (Å²) in [6.07, 6.45) is 1.40. The zero-order valence-corrected chi connectivity index (χ0v) is 14.9. The molecule has 4 rings (SSSR count). The molecule has 0 aliphatic carbocycles. The SMILES string of the molecule is CCc1c(CC)c2c(-c3nc4ccccc4s3)cc(N)cc2oc1=O. The van der Waals surface area contributed by atoms with Crippen molar-refractivity contribution in [1.82, 2.24) is 4.98 Å². The molecule has 0 fully saturated rings. The molecule has 126 valence electrons. The average Bonchev–Trinajstić information content (AvgIpc) is 3.03. The number of thiazole rings is 1. The number of hydrogen-bond donors (Lipinski definition) is 1. The molecule has 5 heteroatoms. The minimum Gasteiger partial charge on any atom is -0.422 e. The van der Waals surface area contributed by atoms with Gasteiger partial charge in [-0.05, 0) is 36.6 Å². The number of anilines is 1. The van der Waals surface area contributed by atoms with Crippen molar-refractivity contribution in [1.29, 1.82) is 0 Å². The second-order valence-corrected chi connectivity index (χ2v) is 7.01. The molecule has 2 N–H and O–H groups in total. The van der Waals surface area contributed by atoms with Crippen molar-refractivity contribution in [3.63, 3.8) is 0 Å². The van der Waals surface area contributed by atoms with Crippen LogP contribution in [0.25, 0.3) is 31.8 Å².